The standard InChI is InChI=1S/C22H25N3O3/c1-17-8-10-18(11-9-17)28-15-5-4-13-23-22(27)12-14-25-20-7-3-2-6-19(20)21(26)16-24-25/h2-3,6-11,16H,4-5,12-15H2,1H3,(H,23,27). The highest BCUT2D eigenvalue weighted by Crippen LogP contribution is 2.11. The molecule has 1 N–H and O–H groups in total. The lowest BCUT2D eigenvalue weighted by Gasteiger charge is -2.10. The Morgan fingerprint density at radius 2 is 1.89 bits per heavy atom. The van der Waals surface area contributed by atoms with Crippen molar-refractivity contribution in [2.45, 2.75) is 32.7 Å². The molecule has 0 saturated heterocycles. The van der Waals surface area contributed by atoms with Crippen LogP contribution in [0.1, 0.15) is 24.8 Å². The largest absolute Gasteiger partial charge is 0.494 e. The Bertz CT molecular complexity index is 980. The van der Waals surface area contributed by atoms with Crippen molar-refractivity contribution in [2.24, 2.45) is 0 Å². The third-order valence-electron chi connectivity index (χ3n) is 4.50. The summed E-state index contributed by atoms with van der Waals surface area (Å²) < 4.78 is 7.37. The zero-order valence-corrected chi connectivity index (χ0v) is 16.1. The van der Waals surface area contributed by atoms with Gasteiger partial charge >= 0.3 is 0 Å². The molecule has 0 spiro atoms. The van der Waals surface area contributed by atoms with E-state index in [1.54, 1.807) is 10.7 Å². The highest BCUT2D eigenvalue weighted by Gasteiger charge is 2.06. The van der Waals surface area contributed by atoms with E-state index >= 15 is 0 Å². The Labute approximate surface area is 164 Å². The first kappa shape index (κ1) is 19.6. The highest BCUT2D eigenvalue weighted by atomic mass is 16.5. The molecule has 1 amide bonds. The summed E-state index contributed by atoms with van der Waals surface area (Å²) in [5.74, 6) is 0.847. The average Bonchev–Trinajstić information content (AvgIpc) is 2.71. The van der Waals surface area contributed by atoms with Gasteiger partial charge in [-0.25, -0.2) is 0 Å². The second kappa shape index (κ2) is 9.69. The smallest absolute Gasteiger partial charge is 0.221 e. The van der Waals surface area contributed by atoms with Crippen LogP contribution in [0.2, 0.25) is 0 Å². The quantitative estimate of drug-likeness (QED) is 0.580. The van der Waals surface area contributed by atoms with Crippen LogP contribution < -0.4 is 15.5 Å². The Hall–Kier alpha value is -3.15. The van der Waals surface area contributed by atoms with Crippen LogP contribution in [0, 0.1) is 6.92 Å². The summed E-state index contributed by atoms with van der Waals surface area (Å²) in [4.78, 5) is 23.9. The van der Waals surface area contributed by atoms with Crippen LogP contribution in [0.5, 0.6) is 5.75 Å². The summed E-state index contributed by atoms with van der Waals surface area (Å²) in [6.45, 7) is 3.73. The van der Waals surface area contributed by atoms with Gasteiger partial charge in [-0.15, -0.1) is 0 Å². The molecule has 1 aromatic heterocycles. The van der Waals surface area contributed by atoms with Gasteiger partial charge in [-0.1, -0.05) is 29.8 Å². The Morgan fingerprint density at radius 1 is 1.11 bits per heavy atom. The summed E-state index contributed by atoms with van der Waals surface area (Å²) in [7, 11) is 0. The number of para-hydroxylation sites is 1. The number of nitrogens with zero attached hydrogens (tertiary/aromatic N) is 2. The molecule has 2 aromatic carbocycles. The van der Waals surface area contributed by atoms with Crippen molar-refractivity contribution in [2.75, 3.05) is 13.2 Å². The van der Waals surface area contributed by atoms with E-state index in [1.807, 2.05) is 49.4 Å². The van der Waals surface area contributed by atoms with E-state index in [0.29, 0.717) is 31.5 Å². The topological polar surface area (TPSA) is 73.2 Å². The maximum atomic E-state index is 12.1. The lowest BCUT2D eigenvalue weighted by molar-refractivity contribution is -0.121. The molecule has 6 heteroatoms. The first-order chi connectivity index (χ1) is 13.6. The number of amides is 1. The molecule has 0 saturated carbocycles. The normalized spacial score (nSPS) is 10.8. The number of carbonyl (C=O) groups is 1. The van der Waals surface area contributed by atoms with E-state index in [-0.39, 0.29) is 11.3 Å². The molecule has 28 heavy (non-hydrogen) atoms. The van der Waals surface area contributed by atoms with Crippen LogP contribution in [0.25, 0.3) is 10.9 Å². The molecule has 3 aromatic rings. The summed E-state index contributed by atoms with van der Waals surface area (Å²) >= 11 is 0. The van der Waals surface area contributed by atoms with Gasteiger partial charge in [-0.3, -0.25) is 14.3 Å². The number of rotatable bonds is 9. The van der Waals surface area contributed by atoms with Crippen molar-refractivity contribution >= 4 is 16.8 Å². The van der Waals surface area contributed by atoms with Crippen LogP contribution in [-0.4, -0.2) is 28.8 Å². The average molecular weight is 379 g/mol. The summed E-state index contributed by atoms with van der Waals surface area (Å²) in [5.41, 5.74) is 1.85. The number of aryl methyl sites for hydroxylation is 2. The van der Waals surface area contributed by atoms with E-state index in [0.717, 1.165) is 24.1 Å². The maximum absolute atomic E-state index is 12.1. The molecule has 0 fully saturated rings. The SMILES string of the molecule is Cc1ccc(OCCCCNC(=O)CCn2ncc(=O)c3ccccc32)cc1. The molecular formula is C22H25N3O3. The number of unbranched alkanes of at least 4 members (excludes halogenated alkanes) is 1. The molecular weight excluding hydrogens is 354 g/mol. The van der Waals surface area contributed by atoms with Gasteiger partial charge in [0.05, 0.1) is 24.9 Å². The molecule has 0 radical (unpaired) electrons. The predicted octanol–water partition coefficient (Wildman–Crippen LogP) is 3.07. The molecule has 6 nitrogen and oxygen atoms in total. The zero-order valence-electron chi connectivity index (χ0n) is 16.1. The summed E-state index contributed by atoms with van der Waals surface area (Å²) in [6.07, 6.45) is 3.35. The van der Waals surface area contributed by atoms with Crippen LogP contribution in [0.3, 0.4) is 0 Å². The first-order valence-electron chi connectivity index (χ1n) is 9.54. The third kappa shape index (κ3) is 5.42. The molecule has 0 aliphatic carbocycles. The van der Waals surface area contributed by atoms with Gasteiger partial charge in [0, 0.05) is 18.4 Å². The monoisotopic (exact) mass is 379 g/mol. The van der Waals surface area contributed by atoms with Gasteiger partial charge in [0.25, 0.3) is 0 Å². The van der Waals surface area contributed by atoms with E-state index in [9.17, 15) is 9.59 Å². The Morgan fingerprint density at radius 3 is 2.71 bits per heavy atom. The van der Waals surface area contributed by atoms with E-state index in [1.165, 1.54) is 11.8 Å². The molecule has 0 aliphatic heterocycles. The molecule has 3 rings (SSSR count). The van der Waals surface area contributed by atoms with Crippen molar-refractivity contribution in [1.29, 1.82) is 0 Å². The first-order valence-corrected chi connectivity index (χ1v) is 9.54. The Balaban J connectivity index is 1.36. The van der Waals surface area contributed by atoms with E-state index < -0.39 is 0 Å². The van der Waals surface area contributed by atoms with Crippen molar-refractivity contribution in [3.63, 3.8) is 0 Å². The number of fused-ring (bicyclic) bond motifs is 1. The predicted molar refractivity (Wildman–Crippen MR) is 110 cm³/mol. The Kier molecular flexibility index (Phi) is 6.78. The lowest BCUT2D eigenvalue weighted by Crippen LogP contribution is -2.26. The molecule has 1 heterocycles. The highest BCUT2D eigenvalue weighted by molar-refractivity contribution is 5.79. The van der Waals surface area contributed by atoms with Gasteiger partial charge in [0.2, 0.25) is 11.3 Å². The van der Waals surface area contributed by atoms with E-state index in [2.05, 4.69) is 10.4 Å². The number of benzene rings is 2. The van der Waals surface area contributed by atoms with Crippen LogP contribution >= 0.6 is 0 Å². The summed E-state index contributed by atoms with van der Waals surface area (Å²) in [6, 6.07) is 15.3. The van der Waals surface area contributed by atoms with Crippen molar-refractivity contribution in [1.82, 2.24) is 15.1 Å². The molecule has 0 bridgehead atoms. The van der Waals surface area contributed by atoms with Crippen molar-refractivity contribution in [3.8, 4) is 5.75 Å². The van der Waals surface area contributed by atoms with Crippen molar-refractivity contribution < 1.29 is 9.53 Å². The number of aromatic nitrogens is 2. The van der Waals surface area contributed by atoms with Crippen LogP contribution in [0.4, 0.5) is 0 Å². The number of nitrogens with one attached hydrogen (secondary N) is 1. The van der Waals surface area contributed by atoms with Gasteiger partial charge in [0.1, 0.15) is 5.75 Å². The number of carbonyl (C=O) groups excluding carboxylic acids is 1. The number of hydrogen-bond acceptors (Lipinski definition) is 4. The summed E-state index contributed by atoms with van der Waals surface area (Å²) in [5, 5.41) is 7.68. The zero-order chi connectivity index (χ0) is 19.8. The maximum Gasteiger partial charge on any atom is 0.221 e. The number of hydrogen-bond donors (Lipinski definition) is 1. The van der Waals surface area contributed by atoms with Gasteiger partial charge < -0.3 is 10.1 Å². The van der Waals surface area contributed by atoms with Crippen LogP contribution in [-0.2, 0) is 11.3 Å². The van der Waals surface area contributed by atoms with Crippen LogP contribution in [0.15, 0.2) is 59.5 Å². The molecule has 0 unspecified atom stereocenters. The van der Waals surface area contributed by atoms with Crippen molar-refractivity contribution in [3.05, 3.63) is 70.5 Å². The van der Waals surface area contributed by atoms with Gasteiger partial charge in [-0.05, 0) is 44.0 Å². The fraction of sp³-hybridized carbons (Fsp3) is 0.318. The second-order valence-corrected chi connectivity index (χ2v) is 6.72. The minimum Gasteiger partial charge on any atom is -0.494 e. The van der Waals surface area contributed by atoms with Gasteiger partial charge in [-0.2, -0.15) is 5.10 Å². The second-order valence-electron chi connectivity index (χ2n) is 6.72. The minimum absolute atomic E-state index is 0.0240. The third-order valence-corrected chi connectivity index (χ3v) is 4.50. The molecule has 0 aliphatic rings. The fourth-order valence-electron chi connectivity index (χ4n) is 2.91. The minimum atomic E-state index is -0.107. The molecule has 0 atom stereocenters. The van der Waals surface area contributed by atoms with E-state index in [4.69, 9.17) is 4.74 Å². The lowest BCUT2D eigenvalue weighted by atomic mass is 10.2. The number of ether oxygens (including phenoxy) is 1. The fourth-order valence-corrected chi connectivity index (χ4v) is 2.91. The van der Waals surface area contributed by atoms with Gasteiger partial charge in [0.15, 0.2) is 0 Å². The molecule has 146 valence electrons.